The Morgan fingerprint density at radius 3 is 2.55 bits per heavy atom. The van der Waals surface area contributed by atoms with E-state index >= 15 is 0 Å². The van der Waals surface area contributed by atoms with Gasteiger partial charge in [-0.1, -0.05) is 32.0 Å². The molecule has 1 aromatic carbocycles. The Labute approximate surface area is 182 Å². The molecule has 10 heteroatoms. The van der Waals surface area contributed by atoms with Gasteiger partial charge in [-0.05, 0) is 24.5 Å². The van der Waals surface area contributed by atoms with Crippen molar-refractivity contribution in [1.82, 2.24) is 4.90 Å². The van der Waals surface area contributed by atoms with Crippen molar-refractivity contribution in [2.24, 2.45) is 11.0 Å². The molecule has 168 valence electrons. The Bertz CT molecular complexity index is 974. The van der Waals surface area contributed by atoms with Crippen LogP contribution < -0.4 is 5.01 Å². The number of amides is 2. The largest absolute Gasteiger partial charge is 0.451 e. The highest BCUT2D eigenvalue weighted by Gasteiger charge is 2.35. The number of esters is 1. The minimum Gasteiger partial charge on any atom is -0.451 e. The summed E-state index contributed by atoms with van der Waals surface area (Å²) in [5, 5.41) is 5.29. The van der Waals surface area contributed by atoms with Crippen LogP contribution in [0.25, 0.3) is 0 Å². The van der Waals surface area contributed by atoms with E-state index in [1.54, 1.807) is 30.3 Å². The normalized spacial score (nSPS) is 20.5. The van der Waals surface area contributed by atoms with Crippen LogP contribution in [0.1, 0.15) is 33.1 Å². The molecule has 2 heterocycles. The van der Waals surface area contributed by atoms with Gasteiger partial charge >= 0.3 is 5.97 Å². The zero-order valence-corrected chi connectivity index (χ0v) is 18.5. The number of hydrogen-bond donors (Lipinski definition) is 0. The molecule has 2 aliphatic rings. The number of carbonyl (C=O) groups excluding carboxylic acids is 3. The van der Waals surface area contributed by atoms with Crippen molar-refractivity contribution in [2.75, 3.05) is 29.7 Å². The molecular weight excluding hydrogens is 422 g/mol. The molecule has 1 saturated heterocycles. The van der Waals surface area contributed by atoms with Crippen molar-refractivity contribution in [2.45, 2.75) is 39.2 Å². The molecule has 2 aliphatic heterocycles. The molecule has 0 saturated carbocycles. The van der Waals surface area contributed by atoms with E-state index < -0.39 is 34.4 Å². The third kappa shape index (κ3) is 5.90. The molecule has 9 nitrogen and oxygen atoms in total. The maximum absolute atomic E-state index is 12.8. The Morgan fingerprint density at radius 2 is 1.94 bits per heavy atom. The van der Waals surface area contributed by atoms with E-state index in [2.05, 4.69) is 5.10 Å². The Hall–Kier alpha value is -2.75. The van der Waals surface area contributed by atoms with Crippen LogP contribution >= 0.6 is 0 Å². The van der Waals surface area contributed by atoms with E-state index in [0.717, 1.165) is 5.01 Å². The van der Waals surface area contributed by atoms with Crippen LogP contribution in [0.15, 0.2) is 35.4 Å². The second-order valence-electron chi connectivity index (χ2n) is 8.16. The van der Waals surface area contributed by atoms with E-state index in [4.69, 9.17) is 4.74 Å². The van der Waals surface area contributed by atoms with E-state index in [9.17, 15) is 22.8 Å². The van der Waals surface area contributed by atoms with Gasteiger partial charge in [-0.15, -0.1) is 0 Å². The highest BCUT2D eigenvalue weighted by molar-refractivity contribution is 7.91. The van der Waals surface area contributed by atoms with Crippen LogP contribution in [-0.2, 0) is 29.0 Å². The van der Waals surface area contributed by atoms with Crippen molar-refractivity contribution in [3.05, 3.63) is 30.3 Å². The molecule has 3 rings (SSSR count). The molecule has 1 fully saturated rings. The summed E-state index contributed by atoms with van der Waals surface area (Å²) >= 11 is 0. The molecule has 0 spiro atoms. The van der Waals surface area contributed by atoms with Crippen LogP contribution in [0.3, 0.4) is 0 Å². The topological polar surface area (TPSA) is 113 Å². The standard InChI is InChI=1S/C21H27N3O6S/c1-15(2)12-23(17-10-11-31(28,29)14-17)20(26)13-30-21(27)18-8-9-19(25)24(22-18)16-6-4-3-5-7-16/h3-7,15,17H,8-14H2,1-2H3/t17-/m1/s1. The number of benzene rings is 1. The predicted octanol–water partition coefficient (Wildman–Crippen LogP) is 1.38. The highest BCUT2D eigenvalue weighted by atomic mass is 32.2. The lowest BCUT2D eigenvalue weighted by Gasteiger charge is -2.30. The average Bonchev–Trinajstić information content (AvgIpc) is 3.10. The Morgan fingerprint density at radius 1 is 1.23 bits per heavy atom. The number of hydrogen-bond acceptors (Lipinski definition) is 7. The first-order chi connectivity index (χ1) is 14.7. The zero-order valence-electron chi connectivity index (χ0n) is 17.7. The summed E-state index contributed by atoms with van der Waals surface area (Å²) in [6, 6.07) is 8.33. The quantitative estimate of drug-likeness (QED) is 0.581. The lowest BCUT2D eigenvalue weighted by molar-refractivity contribution is -0.148. The van der Waals surface area contributed by atoms with E-state index in [0.29, 0.717) is 18.7 Å². The van der Waals surface area contributed by atoms with E-state index in [1.807, 2.05) is 13.8 Å². The molecule has 0 bridgehead atoms. The van der Waals surface area contributed by atoms with Gasteiger partial charge in [0.25, 0.3) is 5.91 Å². The molecule has 0 N–H and O–H groups in total. The smallest absolute Gasteiger partial charge is 0.355 e. The van der Waals surface area contributed by atoms with Gasteiger partial charge in [0.15, 0.2) is 16.4 Å². The summed E-state index contributed by atoms with van der Waals surface area (Å²) in [5.74, 6) is -1.30. The SMILES string of the molecule is CC(C)CN(C(=O)COC(=O)C1=NN(c2ccccc2)C(=O)CC1)[C@@H]1CCS(=O)(=O)C1. The van der Waals surface area contributed by atoms with Crippen LogP contribution in [0.4, 0.5) is 5.69 Å². The van der Waals surface area contributed by atoms with Crippen LogP contribution in [0, 0.1) is 5.92 Å². The minimum atomic E-state index is -3.15. The van der Waals surface area contributed by atoms with Gasteiger partial charge in [-0.25, -0.2) is 18.2 Å². The van der Waals surface area contributed by atoms with Crippen molar-refractivity contribution in [3.63, 3.8) is 0 Å². The fraction of sp³-hybridized carbons (Fsp3) is 0.524. The third-order valence-electron chi connectivity index (χ3n) is 5.13. The summed E-state index contributed by atoms with van der Waals surface area (Å²) in [6.07, 6.45) is 0.623. The van der Waals surface area contributed by atoms with Crippen LogP contribution in [-0.4, -0.2) is 67.5 Å². The number of nitrogens with zero attached hydrogens (tertiary/aromatic N) is 3. The molecule has 0 unspecified atom stereocenters. The first kappa shape index (κ1) is 22.9. The number of para-hydroxylation sites is 1. The molecule has 0 aliphatic carbocycles. The first-order valence-corrected chi connectivity index (χ1v) is 12.1. The average molecular weight is 450 g/mol. The molecular formula is C21H27N3O6S. The summed E-state index contributed by atoms with van der Waals surface area (Å²) in [6.45, 7) is 3.75. The molecule has 2 amide bonds. The molecule has 0 aromatic heterocycles. The summed E-state index contributed by atoms with van der Waals surface area (Å²) in [4.78, 5) is 38.9. The second-order valence-corrected chi connectivity index (χ2v) is 10.4. The van der Waals surface area contributed by atoms with Crippen LogP contribution in [0.5, 0.6) is 0 Å². The Kier molecular flexibility index (Phi) is 7.09. The molecule has 1 aromatic rings. The van der Waals surface area contributed by atoms with Gasteiger partial charge in [0, 0.05) is 25.4 Å². The predicted molar refractivity (Wildman–Crippen MR) is 115 cm³/mol. The van der Waals surface area contributed by atoms with Crippen molar-refractivity contribution in [1.29, 1.82) is 0 Å². The van der Waals surface area contributed by atoms with Crippen molar-refractivity contribution < 1.29 is 27.5 Å². The maximum Gasteiger partial charge on any atom is 0.355 e. The second kappa shape index (κ2) is 9.59. The lowest BCUT2D eigenvalue weighted by atomic mass is 10.1. The van der Waals surface area contributed by atoms with Gasteiger partial charge in [-0.2, -0.15) is 5.10 Å². The van der Waals surface area contributed by atoms with E-state index in [1.165, 1.54) is 4.90 Å². The number of ether oxygens (including phenoxy) is 1. The highest BCUT2D eigenvalue weighted by Crippen LogP contribution is 2.21. The fourth-order valence-electron chi connectivity index (χ4n) is 3.63. The minimum absolute atomic E-state index is 0.0550. The van der Waals surface area contributed by atoms with Crippen LogP contribution in [0.2, 0.25) is 0 Å². The van der Waals surface area contributed by atoms with Gasteiger partial charge in [0.05, 0.1) is 17.2 Å². The Balaban J connectivity index is 1.65. The number of hydrazone groups is 1. The van der Waals surface area contributed by atoms with Crippen molar-refractivity contribution in [3.8, 4) is 0 Å². The lowest BCUT2D eigenvalue weighted by Crippen LogP contribution is -2.45. The third-order valence-corrected chi connectivity index (χ3v) is 6.88. The number of anilines is 1. The summed E-state index contributed by atoms with van der Waals surface area (Å²) < 4.78 is 28.8. The maximum atomic E-state index is 12.8. The van der Waals surface area contributed by atoms with Gasteiger partial charge in [0.2, 0.25) is 5.91 Å². The monoisotopic (exact) mass is 449 g/mol. The number of sulfone groups is 1. The summed E-state index contributed by atoms with van der Waals surface area (Å²) in [5.41, 5.74) is 0.606. The van der Waals surface area contributed by atoms with Crippen molar-refractivity contribution >= 4 is 39.0 Å². The summed E-state index contributed by atoms with van der Waals surface area (Å²) in [7, 11) is -3.15. The van der Waals surface area contributed by atoms with Gasteiger partial charge in [0.1, 0.15) is 5.71 Å². The van der Waals surface area contributed by atoms with Gasteiger partial charge in [-0.3, -0.25) is 9.59 Å². The number of rotatable bonds is 7. The van der Waals surface area contributed by atoms with Gasteiger partial charge < -0.3 is 9.64 Å². The first-order valence-electron chi connectivity index (χ1n) is 10.3. The number of carbonyl (C=O) groups is 3. The fourth-order valence-corrected chi connectivity index (χ4v) is 5.36. The molecule has 0 radical (unpaired) electrons. The zero-order chi connectivity index (χ0) is 22.6. The molecule has 1 atom stereocenters. The molecule has 31 heavy (non-hydrogen) atoms. The van der Waals surface area contributed by atoms with E-state index in [-0.39, 0.29) is 41.9 Å².